The van der Waals surface area contributed by atoms with Crippen LogP contribution >= 0.6 is 0 Å². The van der Waals surface area contributed by atoms with Gasteiger partial charge in [0.25, 0.3) is 0 Å². The molecule has 1 radical (unpaired) electrons. The second-order valence-electron chi connectivity index (χ2n) is 11.2. The van der Waals surface area contributed by atoms with Crippen molar-refractivity contribution in [3.8, 4) is 16.8 Å². The number of hydrogen-bond acceptors (Lipinski definition) is 0. The molecule has 39 heavy (non-hydrogen) atoms. The summed E-state index contributed by atoms with van der Waals surface area (Å²) < 4.78 is 2.47. The van der Waals surface area contributed by atoms with E-state index in [0.717, 1.165) is 5.54 Å². The number of aryl methyl sites for hydroxylation is 3. The molecule has 2 aliphatic heterocycles. The van der Waals surface area contributed by atoms with E-state index in [1.165, 1.54) is 50.1 Å². The van der Waals surface area contributed by atoms with E-state index in [-0.39, 0.29) is 51.0 Å². The molecule has 197 valence electrons. The van der Waals surface area contributed by atoms with Gasteiger partial charge in [0, 0.05) is 22.6 Å². The summed E-state index contributed by atoms with van der Waals surface area (Å²) in [4.78, 5) is 0. The summed E-state index contributed by atoms with van der Waals surface area (Å²) in [6.07, 6.45) is 0. The molecule has 5 aromatic rings. The van der Waals surface area contributed by atoms with Crippen molar-refractivity contribution in [2.24, 2.45) is 0 Å². The molecular formula is C34H34Cl2NSiZr. The molecule has 1 nitrogen and oxygen atoms in total. The zero-order chi connectivity index (χ0) is 25.2. The van der Waals surface area contributed by atoms with Crippen LogP contribution in [0.1, 0.15) is 40.5 Å². The maximum atomic E-state index is 2.52. The molecule has 3 heterocycles. The van der Waals surface area contributed by atoms with Crippen LogP contribution in [0.2, 0.25) is 13.1 Å². The first-order valence-corrected chi connectivity index (χ1v) is 16.1. The fourth-order valence-electron chi connectivity index (χ4n) is 6.79. The van der Waals surface area contributed by atoms with E-state index in [1.54, 1.807) is 16.3 Å². The molecule has 5 heteroatoms. The third kappa shape index (κ3) is 5.13. The van der Waals surface area contributed by atoms with E-state index in [9.17, 15) is 0 Å². The fraction of sp³-hybridized carbons (Fsp3) is 0.206. The number of allylic oxidation sites excluding steroid dienone is 1. The van der Waals surface area contributed by atoms with Gasteiger partial charge in [-0.1, -0.05) is 85.2 Å². The minimum absolute atomic E-state index is 0. The number of fused-ring (bicyclic) bond motifs is 1. The van der Waals surface area contributed by atoms with Crippen LogP contribution in [0.4, 0.5) is 0 Å². The van der Waals surface area contributed by atoms with Crippen molar-refractivity contribution in [1.29, 1.82) is 0 Å². The monoisotopic (exact) mass is 644 g/mol. The first-order chi connectivity index (χ1) is 17.3. The van der Waals surface area contributed by atoms with Gasteiger partial charge in [0.15, 0.2) is 0 Å². The molecule has 8 rings (SSSR count). The Kier molecular flexibility index (Phi) is 9.56. The van der Waals surface area contributed by atoms with Crippen molar-refractivity contribution < 1.29 is 51.0 Å². The average Bonchev–Trinajstić information content (AvgIpc) is 3.53. The van der Waals surface area contributed by atoms with Crippen LogP contribution in [0.5, 0.6) is 0 Å². The minimum atomic E-state index is -1.19. The van der Waals surface area contributed by atoms with Crippen molar-refractivity contribution in [2.45, 2.75) is 46.3 Å². The Bertz CT molecular complexity index is 1640. The van der Waals surface area contributed by atoms with Crippen LogP contribution in [0, 0.1) is 20.8 Å². The van der Waals surface area contributed by atoms with Crippen LogP contribution in [-0.4, -0.2) is 12.6 Å². The smallest absolute Gasteiger partial charge is 1.00 e. The first kappa shape index (κ1) is 31.5. The van der Waals surface area contributed by atoms with Gasteiger partial charge in [-0.3, -0.25) is 0 Å². The molecule has 0 N–H and O–H groups in total. The van der Waals surface area contributed by atoms with Gasteiger partial charge in [-0.25, -0.2) is 0 Å². The largest absolute Gasteiger partial charge is 3.00 e. The maximum Gasteiger partial charge on any atom is 3.00 e. The van der Waals surface area contributed by atoms with E-state index < -0.39 is 8.07 Å². The second kappa shape index (κ2) is 11.8. The van der Waals surface area contributed by atoms with Crippen molar-refractivity contribution in [3.05, 3.63) is 125 Å². The number of halogens is 2. The number of para-hydroxylation sites is 1. The third-order valence-corrected chi connectivity index (χ3v) is 12.3. The van der Waals surface area contributed by atoms with Gasteiger partial charge >= 0.3 is 26.2 Å². The molecule has 1 aromatic heterocycles. The molecule has 0 spiro atoms. The van der Waals surface area contributed by atoms with E-state index >= 15 is 0 Å². The Hall–Kier alpha value is -2.03. The van der Waals surface area contributed by atoms with E-state index in [4.69, 9.17) is 0 Å². The predicted octanol–water partition coefficient (Wildman–Crippen LogP) is 3.30. The van der Waals surface area contributed by atoms with Gasteiger partial charge in [-0.2, -0.15) is 6.07 Å². The molecule has 2 bridgehead atoms. The zero-order valence-electron chi connectivity index (χ0n) is 23.4. The van der Waals surface area contributed by atoms with E-state index in [0.29, 0.717) is 0 Å². The summed E-state index contributed by atoms with van der Waals surface area (Å²) in [5.41, 5.74) is 13.5. The summed E-state index contributed by atoms with van der Waals surface area (Å²) in [5.74, 6) is 0. The van der Waals surface area contributed by atoms with Crippen LogP contribution in [-0.2, 0) is 26.2 Å². The fourth-order valence-corrected chi connectivity index (χ4v) is 11.1. The molecule has 3 aliphatic rings. The van der Waals surface area contributed by atoms with Gasteiger partial charge < -0.3 is 29.4 Å². The molecule has 1 unspecified atom stereocenters. The van der Waals surface area contributed by atoms with Gasteiger partial charge in [0.1, 0.15) is 0 Å². The second-order valence-corrected chi connectivity index (χ2v) is 15.7. The van der Waals surface area contributed by atoms with Crippen molar-refractivity contribution in [2.75, 3.05) is 0 Å². The Balaban J connectivity index is 0.000000201. The minimum Gasteiger partial charge on any atom is -1.00 e. The Morgan fingerprint density at radius 3 is 2.08 bits per heavy atom. The summed E-state index contributed by atoms with van der Waals surface area (Å²) in [6.45, 7) is 13.9. The summed E-state index contributed by atoms with van der Waals surface area (Å²) in [6, 6.07) is 33.0. The molecule has 4 aromatic carbocycles. The zero-order valence-corrected chi connectivity index (χ0v) is 28.4. The number of hydrogen-bond donors (Lipinski definition) is 0. The van der Waals surface area contributed by atoms with Gasteiger partial charge in [0.05, 0.1) is 8.07 Å². The third-order valence-electron chi connectivity index (χ3n) is 8.23. The first-order valence-electron chi connectivity index (χ1n) is 13.0. The Morgan fingerprint density at radius 1 is 0.769 bits per heavy atom. The normalized spacial score (nSPS) is 15.7. The molecule has 0 saturated carbocycles. The molecule has 0 saturated heterocycles. The molecular weight excluding hydrogens is 613 g/mol. The van der Waals surface area contributed by atoms with Crippen LogP contribution in [0.25, 0.3) is 32.8 Å². The summed E-state index contributed by atoms with van der Waals surface area (Å²) >= 11 is 0. The van der Waals surface area contributed by atoms with E-state index in [1.807, 2.05) is 0 Å². The van der Waals surface area contributed by atoms with Crippen molar-refractivity contribution in [3.63, 3.8) is 0 Å². The summed E-state index contributed by atoms with van der Waals surface area (Å²) in [7, 11) is -1.19. The number of rotatable bonds is 2. The van der Waals surface area contributed by atoms with Gasteiger partial charge in [-0.05, 0) is 55.3 Å². The molecule has 0 fully saturated rings. The number of benzene rings is 3. The Labute approximate surface area is 265 Å². The number of nitrogens with zero attached hydrogens (tertiary/aromatic N) is 1. The number of aromatic nitrogens is 1. The van der Waals surface area contributed by atoms with Crippen molar-refractivity contribution >= 4 is 24.0 Å². The van der Waals surface area contributed by atoms with Gasteiger partial charge in [-0.15, -0.1) is 34.5 Å². The predicted molar refractivity (Wildman–Crippen MR) is 158 cm³/mol. The standard InChI is InChI=1S/C17H19NSi.C17H15.2ClH.Zr/c1-11-10-14-15(17-12(2)16(14)19(17,3)4)18(11)13-8-6-5-7-9-13;1-12-6-8-14(9-7-12)16-5-3-4-15-10-13(2)11-17(15)16;;;/h5-10,16H,1-4H3;3-11H,1-2H3;2*1H;/q;-1;;;+3/p-2. The van der Waals surface area contributed by atoms with Gasteiger partial charge in [0.2, 0.25) is 0 Å². The van der Waals surface area contributed by atoms with E-state index in [2.05, 4.69) is 136 Å². The van der Waals surface area contributed by atoms with Crippen LogP contribution < -0.4 is 24.8 Å². The topological polar surface area (TPSA) is 4.93 Å². The van der Waals surface area contributed by atoms with Crippen LogP contribution in [0.15, 0.2) is 96.6 Å². The maximum absolute atomic E-state index is 2.52. The quantitative estimate of drug-likeness (QED) is 0.205. The molecule has 0 amide bonds. The van der Waals surface area contributed by atoms with Crippen LogP contribution in [0.3, 0.4) is 0 Å². The van der Waals surface area contributed by atoms with Crippen molar-refractivity contribution in [1.82, 2.24) is 4.57 Å². The SMILES string of the molecule is CC1=C2c3c(cc(C)n3-c3ccccc3)C1[Si]2(C)C.Cc1ccc(-c2cccc3[cH-]c(C)cc23)cc1.[Cl-].[Cl-].[Zr+3]. The Morgan fingerprint density at radius 2 is 1.44 bits per heavy atom. The molecule has 1 aliphatic carbocycles. The summed E-state index contributed by atoms with van der Waals surface area (Å²) in [5, 5.41) is 4.40. The average molecular weight is 647 g/mol. The molecule has 1 atom stereocenters.